The van der Waals surface area contributed by atoms with Crippen LogP contribution in [-0.2, 0) is 23.9 Å². The normalized spacial score (nSPS) is 21.2. The van der Waals surface area contributed by atoms with Crippen LogP contribution in [0.2, 0.25) is 0 Å². The summed E-state index contributed by atoms with van der Waals surface area (Å²) < 4.78 is 14.9. The summed E-state index contributed by atoms with van der Waals surface area (Å²) in [7, 11) is 2.79. The third-order valence-electron chi connectivity index (χ3n) is 3.79. The maximum atomic E-state index is 12.5. The van der Waals surface area contributed by atoms with E-state index in [1.165, 1.54) is 26.0 Å². The molecule has 0 radical (unpaired) electrons. The Hall–Kier alpha value is -2.57. The molecule has 0 bridgehead atoms. The van der Waals surface area contributed by atoms with Crippen molar-refractivity contribution < 1.29 is 28.6 Å². The van der Waals surface area contributed by atoms with Crippen LogP contribution in [0.25, 0.3) is 0 Å². The van der Waals surface area contributed by atoms with Gasteiger partial charge in [0.2, 0.25) is 5.91 Å². The van der Waals surface area contributed by atoms with E-state index in [1.54, 1.807) is 31.2 Å². The first-order valence-electron chi connectivity index (χ1n) is 7.13. The van der Waals surface area contributed by atoms with Crippen molar-refractivity contribution in [2.24, 2.45) is 5.92 Å². The van der Waals surface area contributed by atoms with Crippen molar-refractivity contribution >= 4 is 23.5 Å². The predicted octanol–water partition coefficient (Wildman–Crippen LogP) is 1.15. The molecule has 7 heteroatoms. The van der Waals surface area contributed by atoms with Crippen LogP contribution in [0.1, 0.15) is 13.8 Å². The van der Waals surface area contributed by atoms with Gasteiger partial charge in [-0.05, 0) is 31.2 Å². The zero-order valence-electron chi connectivity index (χ0n) is 13.4. The predicted molar refractivity (Wildman–Crippen MR) is 81.0 cm³/mol. The summed E-state index contributed by atoms with van der Waals surface area (Å²) in [5.74, 6) is -1.46. The van der Waals surface area contributed by atoms with E-state index in [9.17, 15) is 14.4 Å². The molecular weight excluding hydrogens is 302 g/mol. The Bertz CT molecular complexity index is 612. The summed E-state index contributed by atoms with van der Waals surface area (Å²) >= 11 is 0. The Kier molecular flexibility index (Phi) is 4.88. The number of hydrogen-bond acceptors (Lipinski definition) is 6. The molecule has 7 nitrogen and oxygen atoms in total. The highest BCUT2D eigenvalue weighted by molar-refractivity contribution is 6.11. The van der Waals surface area contributed by atoms with Gasteiger partial charge in [0.05, 0.1) is 14.2 Å². The molecule has 1 saturated heterocycles. The molecule has 0 aliphatic carbocycles. The molecule has 1 heterocycles. The topological polar surface area (TPSA) is 82.1 Å². The van der Waals surface area contributed by atoms with E-state index >= 15 is 0 Å². The molecule has 3 atom stereocenters. The smallest absolute Gasteiger partial charge is 0.329 e. The van der Waals surface area contributed by atoms with Crippen molar-refractivity contribution in [3.05, 3.63) is 24.3 Å². The van der Waals surface area contributed by atoms with Gasteiger partial charge in [-0.2, -0.15) is 0 Å². The van der Waals surface area contributed by atoms with Crippen molar-refractivity contribution in [2.45, 2.75) is 26.0 Å². The van der Waals surface area contributed by atoms with Gasteiger partial charge >= 0.3 is 11.9 Å². The maximum absolute atomic E-state index is 12.5. The summed E-state index contributed by atoms with van der Waals surface area (Å²) in [5.41, 5.74) is 0.553. The van der Waals surface area contributed by atoms with E-state index in [-0.39, 0.29) is 5.91 Å². The molecular formula is C16H19NO6. The van der Waals surface area contributed by atoms with Gasteiger partial charge in [-0.3, -0.25) is 14.5 Å². The lowest BCUT2D eigenvalue weighted by atomic mass is 9.82. The van der Waals surface area contributed by atoms with Gasteiger partial charge in [-0.25, -0.2) is 4.79 Å². The average Bonchev–Trinajstić information content (AvgIpc) is 2.51. The first kappa shape index (κ1) is 16.8. The molecule has 2 rings (SSSR count). The molecule has 1 aliphatic rings. The molecule has 0 N–H and O–H groups in total. The van der Waals surface area contributed by atoms with Crippen LogP contribution >= 0.6 is 0 Å². The van der Waals surface area contributed by atoms with Crippen molar-refractivity contribution in [1.82, 2.24) is 0 Å². The van der Waals surface area contributed by atoms with Gasteiger partial charge in [0, 0.05) is 12.6 Å². The van der Waals surface area contributed by atoms with E-state index in [0.717, 1.165) is 0 Å². The first-order chi connectivity index (χ1) is 10.9. The number of benzene rings is 1. The summed E-state index contributed by atoms with van der Waals surface area (Å²) in [4.78, 5) is 37.0. The fraction of sp³-hybridized carbons (Fsp3) is 0.438. The number of hydrogen-bond donors (Lipinski definition) is 0. The lowest BCUT2D eigenvalue weighted by Gasteiger charge is -2.46. The summed E-state index contributed by atoms with van der Waals surface area (Å²) in [6, 6.07) is 5.92. The zero-order valence-corrected chi connectivity index (χ0v) is 13.4. The van der Waals surface area contributed by atoms with Crippen molar-refractivity contribution in [2.75, 3.05) is 19.1 Å². The van der Waals surface area contributed by atoms with E-state index in [0.29, 0.717) is 11.4 Å². The number of β-lactam (4-membered cyclic amide) rings is 1. The van der Waals surface area contributed by atoms with Crippen LogP contribution in [-0.4, -0.2) is 44.2 Å². The maximum Gasteiger partial charge on any atom is 0.329 e. The molecule has 0 unspecified atom stereocenters. The minimum atomic E-state index is -0.824. The van der Waals surface area contributed by atoms with Crippen LogP contribution in [0, 0.1) is 5.92 Å². The average molecular weight is 321 g/mol. The second kappa shape index (κ2) is 6.68. The monoisotopic (exact) mass is 321 g/mol. The van der Waals surface area contributed by atoms with E-state index in [1.807, 2.05) is 0 Å². The number of esters is 2. The van der Waals surface area contributed by atoms with Crippen LogP contribution in [0.5, 0.6) is 5.75 Å². The SMILES string of the molecule is COC(=O)[C@@H]1[C@H]([C@@H](C)OC(C)=O)C(=O)N1c1ccc(OC)cc1. The van der Waals surface area contributed by atoms with Gasteiger partial charge < -0.3 is 14.2 Å². The fourth-order valence-electron chi connectivity index (χ4n) is 2.71. The van der Waals surface area contributed by atoms with Crippen LogP contribution in [0.4, 0.5) is 5.69 Å². The van der Waals surface area contributed by atoms with E-state index in [4.69, 9.17) is 14.2 Å². The number of rotatable bonds is 5. The highest BCUT2D eigenvalue weighted by Gasteiger charge is 2.56. The second-order valence-corrected chi connectivity index (χ2v) is 5.21. The highest BCUT2D eigenvalue weighted by Crippen LogP contribution is 2.37. The Balaban J connectivity index is 2.27. The first-order valence-corrected chi connectivity index (χ1v) is 7.13. The summed E-state index contributed by atoms with van der Waals surface area (Å²) in [5, 5.41) is 0. The van der Waals surface area contributed by atoms with Gasteiger partial charge in [0.15, 0.2) is 0 Å². The zero-order chi connectivity index (χ0) is 17.1. The molecule has 0 aromatic heterocycles. The molecule has 0 saturated carbocycles. The number of anilines is 1. The molecule has 1 fully saturated rings. The summed E-state index contributed by atoms with van der Waals surface area (Å²) in [6.07, 6.45) is -0.710. The van der Waals surface area contributed by atoms with Crippen LogP contribution < -0.4 is 9.64 Å². The lowest BCUT2D eigenvalue weighted by Crippen LogP contribution is -2.68. The number of amides is 1. The Morgan fingerprint density at radius 1 is 1.17 bits per heavy atom. The van der Waals surface area contributed by atoms with Gasteiger partial charge in [-0.1, -0.05) is 0 Å². The standard InChI is InChI=1S/C16H19NO6/c1-9(23-10(2)18)13-14(16(20)22-4)17(15(13)19)11-5-7-12(21-3)8-6-11/h5-9,13-14H,1-4H3/t9-,13+,14+/m1/s1. The van der Waals surface area contributed by atoms with Crippen molar-refractivity contribution in [1.29, 1.82) is 0 Å². The van der Waals surface area contributed by atoms with E-state index < -0.39 is 30.0 Å². The lowest BCUT2D eigenvalue weighted by molar-refractivity contribution is -0.162. The third-order valence-corrected chi connectivity index (χ3v) is 3.79. The number of methoxy groups -OCH3 is 2. The van der Waals surface area contributed by atoms with Gasteiger partial charge in [0.1, 0.15) is 23.8 Å². The van der Waals surface area contributed by atoms with E-state index in [2.05, 4.69) is 0 Å². The minimum Gasteiger partial charge on any atom is -0.497 e. The Morgan fingerprint density at radius 2 is 1.78 bits per heavy atom. The largest absolute Gasteiger partial charge is 0.497 e. The highest BCUT2D eigenvalue weighted by atomic mass is 16.5. The van der Waals surface area contributed by atoms with Gasteiger partial charge in [-0.15, -0.1) is 0 Å². The fourth-order valence-corrected chi connectivity index (χ4v) is 2.71. The molecule has 1 amide bonds. The van der Waals surface area contributed by atoms with Crippen LogP contribution in [0.15, 0.2) is 24.3 Å². The van der Waals surface area contributed by atoms with Crippen molar-refractivity contribution in [3.63, 3.8) is 0 Å². The molecule has 124 valence electrons. The molecule has 0 spiro atoms. The molecule has 1 aliphatic heterocycles. The molecule has 23 heavy (non-hydrogen) atoms. The Labute approximate surface area is 134 Å². The van der Waals surface area contributed by atoms with Crippen molar-refractivity contribution in [3.8, 4) is 5.75 Å². The summed E-state index contributed by atoms with van der Waals surface area (Å²) in [6.45, 7) is 2.85. The van der Waals surface area contributed by atoms with Gasteiger partial charge in [0.25, 0.3) is 0 Å². The quantitative estimate of drug-likeness (QED) is 0.598. The third kappa shape index (κ3) is 3.13. The number of ether oxygens (including phenoxy) is 3. The molecule has 1 aromatic carbocycles. The minimum absolute atomic E-state index is 0.292. The molecule has 1 aromatic rings. The number of carbonyl (C=O) groups excluding carboxylic acids is 3. The van der Waals surface area contributed by atoms with Crippen LogP contribution in [0.3, 0.4) is 0 Å². The number of carbonyl (C=O) groups is 3. The Morgan fingerprint density at radius 3 is 2.26 bits per heavy atom. The number of nitrogens with zero attached hydrogens (tertiary/aromatic N) is 1. The second-order valence-electron chi connectivity index (χ2n) is 5.21.